The van der Waals surface area contributed by atoms with Crippen LogP contribution in [0.5, 0.6) is 11.5 Å². The van der Waals surface area contributed by atoms with Crippen molar-refractivity contribution in [1.82, 2.24) is 15.2 Å². The predicted molar refractivity (Wildman–Crippen MR) is 112 cm³/mol. The van der Waals surface area contributed by atoms with Gasteiger partial charge < -0.3 is 24.6 Å². The first-order valence-electron chi connectivity index (χ1n) is 9.99. The third kappa shape index (κ3) is 4.86. The van der Waals surface area contributed by atoms with Crippen LogP contribution in [0.2, 0.25) is 0 Å². The first-order chi connectivity index (χ1) is 14.2. The molecule has 7 heteroatoms. The fourth-order valence-corrected chi connectivity index (χ4v) is 3.44. The summed E-state index contributed by atoms with van der Waals surface area (Å²) >= 11 is 0. The molecule has 0 atom stereocenters. The van der Waals surface area contributed by atoms with Gasteiger partial charge >= 0.3 is 0 Å². The number of ether oxygens (including phenoxy) is 2. The summed E-state index contributed by atoms with van der Waals surface area (Å²) in [7, 11) is 0. The second kappa shape index (κ2) is 8.96. The van der Waals surface area contributed by atoms with Gasteiger partial charge in [-0.15, -0.1) is 0 Å². The van der Waals surface area contributed by atoms with Crippen molar-refractivity contribution in [2.24, 2.45) is 0 Å². The van der Waals surface area contributed by atoms with Gasteiger partial charge in [0.05, 0.1) is 0 Å². The number of nitrogens with zero attached hydrogens (tertiary/aromatic N) is 3. The summed E-state index contributed by atoms with van der Waals surface area (Å²) in [6.07, 6.45) is 5.12. The van der Waals surface area contributed by atoms with Crippen LogP contribution >= 0.6 is 0 Å². The molecule has 7 nitrogen and oxygen atoms in total. The predicted octanol–water partition coefficient (Wildman–Crippen LogP) is 2.28. The highest BCUT2D eigenvalue weighted by Crippen LogP contribution is 2.32. The van der Waals surface area contributed by atoms with E-state index >= 15 is 0 Å². The van der Waals surface area contributed by atoms with E-state index in [9.17, 15) is 4.79 Å². The second-order valence-corrected chi connectivity index (χ2v) is 7.11. The Morgan fingerprint density at radius 1 is 1.14 bits per heavy atom. The van der Waals surface area contributed by atoms with Crippen LogP contribution in [-0.2, 0) is 11.3 Å². The average Bonchev–Trinajstić information content (AvgIpc) is 3.24. The Morgan fingerprint density at radius 3 is 2.72 bits per heavy atom. The first kappa shape index (κ1) is 19.3. The van der Waals surface area contributed by atoms with Crippen LogP contribution in [-0.4, -0.2) is 55.3 Å². The Hall–Kier alpha value is -3.06. The monoisotopic (exact) mass is 394 g/mol. The number of fused-ring (bicyclic) bond motifs is 1. The molecule has 1 fully saturated rings. The Morgan fingerprint density at radius 2 is 1.97 bits per heavy atom. The summed E-state index contributed by atoms with van der Waals surface area (Å²) < 4.78 is 10.6. The Balaban J connectivity index is 1.26. The van der Waals surface area contributed by atoms with Crippen LogP contribution in [0.3, 0.4) is 0 Å². The van der Waals surface area contributed by atoms with E-state index in [1.807, 2.05) is 36.5 Å². The van der Waals surface area contributed by atoms with Crippen molar-refractivity contribution in [1.29, 1.82) is 0 Å². The maximum absolute atomic E-state index is 12.1. The Labute approximate surface area is 170 Å². The maximum atomic E-state index is 12.1. The summed E-state index contributed by atoms with van der Waals surface area (Å²) in [5, 5.41) is 2.89. The zero-order valence-corrected chi connectivity index (χ0v) is 16.6. The van der Waals surface area contributed by atoms with Gasteiger partial charge in [0.25, 0.3) is 0 Å². The largest absolute Gasteiger partial charge is 0.454 e. The molecular formula is C22H26N4O3. The lowest BCUT2D eigenvalue weighted by atomic mass is 10.2. The molecule has 0 aliphatic carbocycles. The minimum absolute atomic E-state index is 0.151. The van der Waals surface area contributed by atoms with Crippen LogP contribution in [0.15, 0.2) is 42.6 Å². The van der Waals surface area contributed by atoms with Gasteiger partial charge in [-0.1, -0.05) is 19.1 Å². The van der Waals surface area contributed by atoms with Crippen LogP contribution < -0.4 is 19.7 Å². The SMILES string of the molecule is CCN1CCN(c2ccc(CNC(=O)/C=C/c3ccc4c(c3)OCO4)cn2)CC1. The summed E-state index contributed by atoms with van der Waals surface area (Å²) in [5.41, 5.74) is 1.87. The van der Waals surface area contributed by atoms with Crippen molar-refractivity contribution in [3.63, 3.8) is 0 Å². The quantitative estimate of drug-likeness (QED) is 0.759. The topological polar surface area (TPSA) is 66.9 Å². The number of likely N-dealkylation sites (N-methyl/N-ethyl adjacent to an activating group) is 1. The summed E-state index contributed by atoms with van der Waals surface area (Å²) in [4.78, 5) is 21.4. The van der Waals surface area contributed by atoms with Gasteiger partial charge in [-0.05, 0) is 41.9 Å². The van der Waals surface area contributed by atoms with Gasteiger partial charge in [0, 0.05) is 45.0 Å². The summed E-state index contributed by atoms with van der Waals surface area (Å²) in [6, 6.07) is 9.65. The minimum Gasteiger partial charge on any atom is -0.454 e. The van der Waals surface area contributed by atoms with Gasteiger partial charge in [0.1, 0.15) is 5.82 Å². The fraction of sp³-hybridized carbons (Fsp3) is 0.364. The van der Waals surface area contributed by atoms with Crippen LogP contribution in [0, 0.1) is 0 Å². The van der Waals surface area contributed by atoms with Gasteiger partial charge in [-0.2, -0.15) is 0 Å². The molecule has 3 heterocycles. The van der Waals surface area contributed by atoms with E-state index in [2.05, 4.69) is 27.0 Å². The third-order valence-electron chi connectivity index (χ3n) is 5.24. The standard InChI is InChI=1S/C22H26N4O3/c1-2-25-9-11-26(12-10-25)21-7-4-18(14-23-21)15-24-22(27)8-5-17-3-6-19-20(13-17)29-16-28-19/h3-8,13-14H,2,9-12,15-16H2,1H3,(H,24,27)/b8-5+. The van der Waals surface area contributed by atoms with E-state index in [-0.39, 0.29) is 12.7 Å². The molecule has 0 bridgehead atoms. The molecule has 0 unspecified atom stereocenters. The number of carbonyl (C=O) groups excluding carboxylic acids is 1. The van der Waals surface area contributed by atoms with Crippen molar-refractivity contribution < 1.29 is 14.3 Å². The van der Waals surface area contributed by atoms with Crippen molar-refractivity contribution in [2.75, 3.05) is 44.4 Å². The van der Waals surface area contributed by atoms with E-state index in [1.165, 1.54) is 6.08 Å². The molecule has 152 valence electrons. The molecule has 0 spiro atoms. The molecule has 0 saturated carbocycles. The van der Waals surface area contributed by atoms with Crippen molar-refractivity contribution >= 4 is 17.8 Å². The highest BCUT2D eigenvalue weighted by atomic mass is 16.7. The molecule has 1 aromatic heterocycles. The minimum atomic E-state index is -0.151. The lowest BCUT2D eigenvalue weighted by molar-refractivity contribution is -0.116. The van der Waals surface area contributed by atoms with Crippen LogP contribution in [0.4, 0.5) is 5.82 Å². The molecule has 0 radical (unpaired) electrons. The van der Waals surface area contributed by atoms with Gasteiger partial charge in [-0.25, -0.2) is 4.98 Å². The average molecular weight is 394 g/mol. The molecule has 29 heavy (non-hydrogen) atoms. The number of carbonyl (C=O) groups is 1. The number of rotatable bonds is 6. The van der Waals surface area contributed by atoms with E-state index in [1.54, 1.807) is 6.08 Å². The Bertz CT molecular complexity index is 874. The number of benzene rings is 1. The lowest BCUT2D eigenvalue weighted by Gasteiger charge is -2.34. The van der Waals surface area contributed by atoms with E-state index in [4.69, 9.17) is 9.47 Å². The summed E-state index contributed by atoms with van der Waals surface area (Å²) in [5.74, 6) is 2.28. The smallest absolute Gasteiger partial charge is 0.244 e. The zero-order chi connectivity index (χ0) is 20.1. The molecule has 2 aliphatic rings. The number of anilines is 1. The van der Waals surface area contributed by atoms with Crippen LogP contribution in [0.25, 0.3) is 6.08 Å². The number of aromatic nitrogens is 1. The molecule has 1 aromatic carbocycles. The number of amides is 1. The van der Waals surface area contributed by atoms with Crippen molar-refractivity contribution in [3.05, 3.63) is 53.7 Å². The molecule has 1 amide bonds. The Kier molecular flexibility index (Phi) is 5.95. The number of nitrogens with one attached hydrogen (secondary N) is 1. The zero-order valence-electron chi connectivity index (χ0n) is 16.6. The highest BCUT2D eigenvalue weighted by Gasteiger charge is 2.16. The number of pyridine rings is 1. The van der Waals surface area contributed by atoms with Gasteiger partial charge in [-0.3, -0.25) is 4.79 Å². The number of hydrogen-bond acceptors (Lipinski definition) is 6. The molecule has 2 aliphatic heterocycles. The van der Waals surface area contributed by atoms with Crippen LogP contribution in [0.1, 0.15) is 18.1 Å². The normalized spacial score (nSPS) is 16.4. The van der Waals surface area contributed by atoms with E-state index < -0.39 is 0 Å². The third-order valence-corrected chi connectivity index (χ3v) is 5.24. The lowest BCUT2D eigenvalue weighted by Crippen LogP contribution is -2.46. The van der Waals surface area contributed by atoms with E-state index in [0.29, 0.717) is 12.3 Å². The number of piperazine rings is 1. The summed E-state index contributed by atoms with van der Waals surface area (Å²) in [6.45, 7) is 8.14. The molecule has 2 aromatic rings. The molecule has 1 N–H and O–H groups in total. The van der Waals surface area contributed by atoms with Crippen molar-refractivity contribution in [2.45, 2.75) is 13.5 Å². The fourth-order valence-electron chi connectivity index (χ4n) is 3.44. The van der Waals surface area contributed by atoms with Gasteiger partial charge in [0.2, 0.25) is 12.7 Å². The maximum Gasteiger partial charge on any atom is 0.244 e. The highest BCUT2D eigenvalue weighted by molar-refractivity contribution is 5.91. The first-order valence-corrected chi connectivity index (χ1v) is 9.99. The number of hydrogen-bond donors (Lipinski definition) is 1. The van der Waals surface area contributed by atoms with Gasteiger partial charge in [0.15, 0.2) is 11.5 Å². The molecular weight excluding hydrogens is 368 g/mol. The second-order valence-electron chi connectivity index (χ2n) is 7.11. The van der Waals surface area contributed by atoms with Crippen molar-refractivity contribution in [3.8, 4) is 11.5 Å². The van der Waals surface area contributed by atoms with E-state index in [0.717, 1.165) is 55.4 Å². The molecule has 4 rings (SSSR count). The molecule has 1 saturated heterocycles.